The molecular formula is C16H24ClN3O2. The Hall–Kier alpha value is -1.46. The third-order valence-electron chi connectivity index (χ3n) is 4.08. The summed E-state index contributed by atoms with van der Waals surface area (Å²) < 4.78 is 5.31. The van der Waals surface area contributed by atoms with Gasteiger partial charge in [0.25, 0.3) is 0 Å². The summed E-state index contributed by atoms with van der Waals surface area (Å²) in [4.78, 5) is 16.6. The molecule has 1 saturated heterocycles. The largest absolute Gasteiger partial charge is 0.495 e. The van der Waals surface area contributed by atoms with Gasteiger partial charge in [-0.05, 0) is 25.1 Å². The standard InChI is InChI=1S/C16H24ClN3O2/c1-4-19-5-7-20(8-6-19)16(21)11-18-14-9-12(2)13(17)10-15(14)22-3/h9-10,18H,4-8,11H2,1-3H3. The minimum absolute atomic E-state index is 0.116. The van der Waals surface area contributed by atoms with E-state index in [1.165, 1.54) is 0 Å². The van der Waals surface area contributed by atoms with Gasteiger partial charge < -0.3 is 19.9 Å². The minimum atomic E-state index is 0.116. The van der Waals surface area contributed by atoms with Crippen LogP contribution in [0.2, 0.25) is 5.02 Å². The van der Waals surface area contributed by atoms with Crippen molar-refractivity contribution in [2.45, 2.75) is 13.8 Å². The van der Waals surface area contributed by atoms with Crippen molar-refractivity contribution in [1.29, 1.82) is 0 Å². The van der Waals surface area contributed by atoms with Gasteiger partial charge in [-0.3, -0.25) is 4.79 Å². The molecule has 0 aromatic heterocycles. The van der Waals surface area contributed by atoms with E-state index in [0.29, 0.717) is 10.8 Å². The number of rotatable bonds is 5. The van der Waals surface area contributed by atoms with E-state index in [0.717, 1.165) is 44.0 Å². The number of ether oxygens (including phenoxy) is 1. The predicted molar refractivity (Wildman–Crippen MR) is 89.9 cm³/mol. The van der Waals surface area contributed by atoms with Crippen LogP contribution in [0.4, 0.5) is 5.69 Å². The highest BCUT2D eigenvalue weighted by Crippen LogP contribution is 2.30. The molecule has 122 valence electrons. The summed E-state index contributed by atoms with van der Waals surface area (Å²) >= 11 is 6.09. The van der Waals surface area contributed by atoms with E-state index in [2.05, 4.69) is 17.1 Å². The van der Waals surface area contributed by atoms with Crippen molar-refractivity contribution in [3.63, 3.8) is 0 Å². The molecule has 0 atom stereocenters. The molecule has 2 rings (SSSR count). The van der Waals surface area contributed by atoms with Crippen LogP contribution in [0.25, 0.3) is 0 Å². The van der Waals surface area contributed by atoms with Crippen molar-refractivity contribution in [2.75, 3.05) is 51.7 Å². The Balaban J connectivity index is 1.93. The van der Waals surface area contributed by atoms with Crippen LogP contribution in [0.5, 0.6) is 5.75 Å². The summed E-state index contributed by atoms with van der Waals surface area (Å²) in [6.07, 6.45) is 0. The number of nitrogens with one attached hydrogen (secondary N) is 1. The zero-order valence-electron chi connectivity index (χ0n) is 13.5. The van der Waals surface area contributed by atoms with E-state index in [1.807, 2.05) is 17.9 Å². The molecule has 0 spiro atoms. The SMILES string of the molecule is CCN1CCN(C(=O)CNc2cc(C)c(Cl)cc2OC)CC1. The molecular weight excluding hydrogens is 302 g/mol. The number of likely N-dealkylation sites (N-methyl/N-ethyl adjacent to an activating group) is 1. The first kappa shape index (κ1) is 16.9. The quantitative estimate of drug-likeness (QED) is 0.901. The first-order chi connectivity index (χ1) is 10.5. The molecule has 1 aromatic rings. The Morgan fingerprint density at radius 1 is 1.32 bits per heavy atom. The lowest BCUT2D eigenvalue weighted by Gasteiger charge is -2.34. The van der Waals surface area contributed by atoms with Gasteiger partial charge in [0.15, 0.2) is 0 Å². The molecule has 1 N–H and O–H groups in total. The predicted octanol–water partition coefficient (Wildman–Crippen LogP) is 2.23. The van der Waals surface area contributed by atoms with Crippen LogP contribution < -0.4 is 10.1 Å². The number of halogens is 1. The van der Waals surface area contributed by atoms with Gasteiger partial charge in [-0.1, -0.05) is 18.5 Å². The Morgan fingerprint density at radius 3 is 2.59 bits per heavy atom. The maximum Gasteiger partial charge on any atom is 0.241 e. The van der Waals surface area contributed by atoms with Crippen LogP contribution in [0.3, 0.4) is 0 Å². The number of benzene rings is 1. The van der Waals surface area contributed by atoms with Gasteiger partial charge >= 0.3 is 0 Å². The van der Waals surface area contributed by atoms with E-state index in [4.69, 9.17) is 16.3 Å². The number of amides is 1. The highest BCUT2D eigenvalue weighted by molar-refractivity contribution is 6.31. The molecule has 0 aliphatic carbocycles. The van der Waals surface area contributed by atoms with E-state index in [1.54, 1.807) is 13.2 Å². The Bertz CT molecular complexity index is 528. The van der Waals surface area contributed by atoms with Gasteiger partial charge in [-0.25, -0.2) is 0 Å². The number of hydrogen-bond acceptors (Lipinski definition) is 4. The number of nitrogens with zero attached hydrogens (tertiary/aromatic N) is 2. The summed E-state index contributed by atoms with van der Waals surface area (Å²) in [6.45, 7) is 8.88. The molecule has 22 heavy (non-hydrogen) atoms. The van der Waals surface area contributed by atoms with Crippen molar-refractivity contribution in [1.82, 2.24) is 9.80 Å². The smallest absolute Gasteiger partial charge is 0.241 e. The highest BCUT2D eigenvalue weighted by atomic mass is 35.5. The lowest BCUT2D eigenvalue weighted by molar-refractivity contribution is -0.131. The van der Waals surface area contributed by atoms with Crippen molar-refractivity contribution in [3.05, 3.63) is 22.7 Å². The Labute approximate surface area is 137 Å². The molecule has 6 heteroatoms. The average Bonchev–Trinajstić information content (AvgIpc) is 2.55. The van der Waals surface area contributed by atoms with E-state index in [-0.39, 0.29) is 12.5 Å². The number of hydrogen-bond donors (Lipinski definition) is 1. The third-order valence-corrected chi connectivity index (χ3v) is 4.49. The third kappa shape index (κ3) is 4.05. The van der Waals surface area contributed by atoms with Gasteiger partial charge in [0, 0.05) is 37.3 Å². The van der Waals surface area contributed by atoms with Gasteiger partial charge in [0.05, 0.1) is 19.3 Å². The molecule has 0 radical (unpaired) electrons. The number of carbonyl (C=O) groups is 1. The zero-order valence-corrected chi connectivity index (χ0v) is 14.2. The second-order valence-electron chi connectivity index (χ2n) is 5.47. The Kier molecular flexibility index (Phi) is 5.91. The molecule has 1 fully saturated rings. The summed E-state index contributed by atoms with van der Waals surface area (Å²) in [5.74, 6) is 0.768. The molecule has 1 aliphatic heterocycles. The zero-order chi connectivity index (χ0) is 16.1. The van der Waals surface area contributed by atoms with Gasteiger partial charge in [0.2, 0.25) is 5.91 Å². The summed E-state index contributed by atoms with van der Waals surface area (Å²) in [6, 6.07) is 3.67. The fourth-order valence-corrected chi connectivity index (χ4v) is 2.72. The lowest BCUT2D eigenvalue weighted by Crippen LogP contribution is -2.49. The number of aryl methyl sites for hydroxylation is 1. The first-order valence-corrected chi connectivity index (χ1v) is 8.01. The molecule has 5 nitrogen and oxygen atoms in total. The number of methoxy groups -OCH3 is 1. The van der Waals surface area contributed by atoms with Crippen molar-refractivity contribution >= 4 is 23.2 Å². The van der Waals surface area contributed by atoms with Crippen LogP contribution in [-0.2, 0) is 4.79 Å². The second kappa shape index (κ2) is 7.70. The maximum atomic E-state index is 12.3. The van der Waals surface area contributed by atoms with Crippen LogP contribution in [0.15, 0.2) is 12.1 Å². The van der Waals surface area contributed by atoms with Crippen LogP contribution >= 0.6 is 11.6 Å². The fourth-order valence-electron chi connectivity index (χ4n) is 2.57. The maximum absolute atomic E-state index is 12.3. The monoisotopic (exact) mass is 325 g/mol. The van der Waals surface area contributed by atoms with E-state index < -0.39 is 0 Å². The molecule has 1 amide bonds. The summed E-state index contributed by atoms with van der Waals surface area (Å²) in [5, 5.41) is 3.82. The van der Waals surface area contributed by atoms with Crippen molar-refractivity contribution < 1.29 is 9.53 Å². The van der Waals surface area contributed by atoms with Gasteiger partial charge in [-0.2, -0.15) is 0 Å². The topological polar surface area (TPSA) is 44.8 Å². The number of carbonyl (C=O) groups excluding carboxylic acids is 1. The van der Waals surface area contributed by atoms with Crippen molar-refractivity contribution in [3.8, 4) is 5.75 Å². The lowest BCUT2D eigenvalue weighted by atomic mass is 10.2. The summed E-state index contributed by atoms with van der Waals surface area (Å²) in [7, 11) is 1.60. The molecule has 0 saturated carbocycles. The molecule has 1 aromatic carbocycles. The normalized spacial score (nSPS) is 15.7. The average molecular weight is 326 g/mol. The fraction of sp³-hybridized carbons (Fsp3) is 0.562. The molecule has 1 aliphatic rings. The first-order valence-electron chi connectivity index (χ1n) is 7.63. The van der Waals surface area contributed by atoms with Gasteiger partial charge in [0.1, 0.15) is 5.75 Å². The van der Waals surface area contributed by atoms with E-state index in [9.17, 15) is 4.79 Å². The van der Waals surface area contributed by atoms with Gasteiger partial charge in [-0.15, -0.1) is 0 Å². The van der Waals surface area contributed by atoms with E-state index >= 15 is 0 Å². The number of anilines is 1. The van der Waals surface area contributed by atoms with Crippen LogP contribution in [0, 0.1) is 6.92 Å². The molecule has 1 heterocycles. The van der Waals surface area contributed by atoms with Crippen LogP contribution in [-0.4, -0.2) is 62.1 Å². The summed E-state index contributed by atoms with van der Waals surface area (Å²) in [5.41, 5.74) is 1.75. The molecule has 0 bridgehead atoms. The highest BCUT2D eigenvalue weighted by Gasteiger charge is 2.20. The second-order valence-corrected chi connectivity index (χ2v) is 5.88. The molecule has 0 unspecified atom stereocenters. The number of piperazine rings is 1. The Morgan fingerprint density at radius 2 is 2.00 bits per heavy atom. The van der Waals surface area contributed by atoms with Crippen LogP contribution in [0.1, 0.15) is 12.5 Å². The minimum Gasteiger partial charge on any atom is -0.495 e. The van der Waals surface area contributed by atoms with Crippen molar-refractivity contribution in [2.24, 2.45) is 0 Å².